The summed E-state index contributed by atoms with van der Waals surface area (Å²) in [5.74, 6) is 0.394. The van der Waals surface area contributed by atoms with E-state index in [-0.39, 0.29) is 23.9 Å². The number of nitrogens with zero attached hydrogens (tertiary/aromatic N) is 5. The number of aryl methyl sites for hydroxylation is 2. The fraction of sp³-hybridized carbons (Fsp3) is 0.393. The van der Waals surface area contributed by atoms with Crippen molar-refractivity contribution < 1.29 is 24.0 Å². The highest BCUT2D eigenvalue weighted by molar-refractivity contribution is 6.04. The van der Waals surface area contributed by atoms with Gasteiger partial charge in [-0.1, -0.05) is 6.07 Å². The quantitative estimate of drug-likeness (QED) is 0.279. The van der Waals surface area contributed by atoms with E-state index in [2.05, 4.69) is 25.8 Å². The Balaban J connectivity index is 1.23. The van der Waals surface area contributed by atoms with Gasteiger partial charge in [0.15, 0.2) is 0 Å². The third-order valence-electron chi connectivity index (χ3n) is 6.78. The van der Waals surface area contributed by atoms with Crippen LogP contribution in [0.3, 0.4) is 0 Å². The minimum Gasteiger partial charge on any atom is -0.450 e. The number of aromatic nitrogens is 4. The molecule has 4 heterocycles. The Morgan fingerprint density at radius 2 is 2.02 bits per heavy atom. The fourth-order valence-electron chi connectivity index (χ4n) is 4.40. The van der Waals surface area contributed by atoms with Gasteiger partial charge in [0, 0.05) is 30.7 Å². The predicted octanol–water partition coefficient (Wildman–Crippen LogP) is 4.28. The second-order valence-corrected chi connectivity index (χ2v) is 10.6. The molecule has 12 nitrogen and oxygen atoms in total. The van der Waals surface area contributed by atoms with Crippen LogP contribution in [0.15, 0.2) is 47.2 Å². The van der Waals surface area contributed by atoms with E-state index in [1.807, 2.05) is 37.4 Å². The van der Waals surface area contributed by atoms with Crippen molar-refractivity contribution in [2.75, 3.05) is 30.3 Å². The van der Waals surface area contributed by atoms with E-state index < -0.39 is 5.60 Å². The molecule has 4 aromatic rings. The summed E-state index contributed by atoms with van der Waals surface area (Å²) in [6, 6.07) is 9.40. The third-order valence-corrected chi connectivity index (χ3v) is 6.78. The number of pyridine rings is 1. The topological polar surface area (TPSA) is 147 Å². The lowest BCUT2D eigenvalue weighted by molar-refractivity contribution is 0.0685. The van der Waals surface area contributed by atoms with Crippen molar-refractivity contribution in [2.45, 2.75) is 52.1 Å². The monoisotopic (exact) mass is 547 g/mol. The smallest absolute Gasteiger partial charge is 0.409 e. The maximum atomic E-state index is 13.2. The molecule has 210 valence electrons. The molecule has 0 bridgehead atoms. The number of nitrogens with one attached hydrogen (secondary N) is 2. The molecule has 1 fully saturated rings. The van der Waals surface area contributed by atoms with Crippen molar-refractivity contribution >= 4 is 35.0 Å². The maximum absolute atomic E-state index is 13.2. The van der Waals surface area contributed by atoms with Crippen LogP contribution in [0.25, 0.3) is 5.65 Å². The molecule has 2 amide bonds. The molecule has 0 saturated carbocycles. The molecule has 3 N–H and O–H groups in total. The molecular formula is C28H33N7O5. The van der Waals surface area contributed by atoms with Gasteiger partial charge in [0.1, 0.15) is 11.3 Å². The molecule has 1 aliphatic heterocycles. The van der Waals surface area contributed by atoms with Crippen molar-refractivity contribution in [3.8, 4) is 0 Å². The van der Waals surface area contributed by atoms with E-state index in [4.69, 9.17) is 9.26 Å². The van der Waals surface area contributed by atoms with Crippen LogP contribution in [-0.4, -0.2) is 66.8 Å². The van der Waals surface area contributed by atoms with E-state index in [1.165, 1.54) is 0 Å². The zero-order valence-electron chi connectivity index (χ0n) is 23.0. The molecule has 40 heavy (non-hydrogen) atoms. The minimum atomic E-state index is -0.746. The molecule has 12 heteroatoms. The van der Waals surface area contributed by atoms with E-state index in [9.17, 15) is 14.7 Å². The number of carbonyl (C=O) groups excluding carboxylic acids is 2. The molecule has 3 aromatic heterocycles. The molecule has 1 saturated heterocycles. The van der Waals surface area contributed by atoms with E-state index >= 15 is 0 Å². The number of anilines is 3. The number of carbonyl (C=O) groups is 2. The average molecular weight is 548 g/mol. The van der Waals surface area contributed by atoms with Crippen LogP contribution >= 0.6 is 0 Å². The Labute approximate surface area is 231 Å². The van der Waals surface area contributed by atoms with Crippen LogP contribution in [0, 0.1) is 6.92 Å². The highest BCUT2D eigenvalue weighted by atomic mass is 16.6. The predicted molar refractivity (Wildman–Crippen MR) is 148 cm³/mol. The summed E-state index contributed by atoms with van der Waals surface area (Å²) in [5.41, 5.74) is 3.54. The lowest BCUT2D eigenvalue weighted by Crippen LogP contribution is -2.48. The summed E-state index contributed by atoms with van der Waals surface area (Å²) in [6.45, 7) is 8.50. The first-order valence-electron chi connectivity index (χ1n) is 13.2. The zero-order chi connectivity index (χ0) is 28.4. The van der Waals surface area contributed by atoms with Gasteiger partial charge in [-0.15, -0.1) is 0 Å². The summed E-state index contributed by atoms with van der Waals surface area (Å²) in [4.78, 5) is 35.4. The SMILES string of the molecule is CCOC(=O)N1CC(c2nc(Nc3ccc(C)c(NC(=O)c4cnc5cc(CCC(C)(C)O)ccn45)c3)no2)C1. The van der Waals surface area contributed by atoms with Crippen LogP contribution in [0.2, 0.25) is 0 Å². The van der Waals surface area contributed by atoms with E-state index in [0.29, 0.717) is 61.1 Å². The van der Waals surface area contributed by atoms with Crippen molar-refractivity contribution in [3.05, 3.63) is 65.4 Å². The molecule has 0 aliphatic carbocycles. The van der Waals surface area contributed by atoms with Gasteiger partial charge in [0.05, 0.1) is 24.3 Å². The van der Waals surface area contributed by atoms with Gasteiger partial charge in [-0.3, -0.25) is 9.20 Å². The lowest BCUT2D eigenvalue weighted by atomic mass is 9.99. The number of fused-ring (bicyclic) bond motifs is 1. The molecule has 1 aromatic carbocycles. The number of amides is 2. The highest BCUT2D eigenvalue weighted by Gasteiger charge is 2.36. The van der Waals surface area contributed by atoms with Gasteiger partial charge < -0.3 is 29.9 Å². The number of ether oxygens (including phenoxy) is 1. The van der Waals surface area contributed by atoms with Crippen LogP contribution in [0.4, 0.5) is 22.1 Å². The number of imidazole rings is 1. The molecule has 0 unspecified atom stereocenters. The summed E-state index contributed by atoms with van der Waals surface area (Å²) in [7, 11) is 0. The van der Waals surface area contributed by atoms with Crippen LogP contribution < -0.4 is 10.6 Å². The standard InChI is InChI=1S/C28H33N7O5/c1-5-39-27(37)34-15-19(16-34)25-32-26(33-40-25)30-20-7-6-17(2)21(13-20)31-24(36)22-14-29-23-12-18(9-11-35(22)23)8-10-28(3,4)38/h6-7,9,11-14,19,38H,5,8,10,15-16H2,1-4H3,(H,30,33)(H,31,36). The van der Waals surface area contributed by atoms with Gasteiger partial charge in [-0.25, -0.2) is 9.78 Å². The van der Waals surface area contributed by atoms with Gasteiger partial charge in [-0.2, -0.15) is 4.98 Å². The Hall–Kier alpha value is -4.45. The maximum Gasteiger partial charge on any atom is 0.409 e. The number of aliphatic hydroxyl groups is 1. The summed E-state index contributed by atoms with van der Waals surface area (Å²) < 4.78 is 12.1. The Morgan fingerprint density at radius 1 is 1.23 bits per heavy atom. The average Bonchev–Trinajstić information content (AvgIpc) is 3.50. The van der Waals surface area contributed by atoms with E-state index in [1.54, 1.807) is 42.3 Å². The van der Waals surface area contributed by atoms with Crippen molar-refractivity contribution in [3.63, 3.8) is 0 Å². The highest BCUT2D eigenvalue weighted by Crippen LogP contribution is 2.28. The Morgan fingerprint density at radius 3 is 2.77 bits per heavy atom. The molecule has 5 rings (SSSR count). The summed E-state index contributed by atoms with van der Waals surface area (Å²) in [5, 5.41) is 20.1. The number of hydrogen-bond donors (Lipinski definition) is 3. The number of benzene rings is 1. The number of rotatable bonds is 9. The first kappa shape index (κ1) is 27.1. The Bertz CT molecular complexity index is 1530. The first-order chi connectivity index (χ1) is 19.1. The normalized spacial score (nSPS) is 13.8. The van der Waals surface area contributed by atoms with Crippen molar-refractivity contribution in [2.24, 2.45) is 0 Å². The molecule has 0 spiro atoms. The van der Waals surface area contributed by atoms with Crippen molar-refractivity contribution in [1.29, 1.82) is 0 Å². The number of hydrogen-bond acceptors (Lipinski definition) is 9. The minimum absolute atomic E-state index is 0.0385. The lowest BCUT2D eigenvalue weighted by Gasteiger charge is -2.35. The van der Waals surface area contributed by atoms with Gasteiger partial charge in [0.25, 0.3) is 11.9 Å². The second-order valence-electron chi connectivity index (χ2n) is 10.6. The Kier molecular flexibility index (Phi) is 7.44. The van der Waals surface area contributed by atoms with Crippen LogP contribution in [0.5, 0.6) is 0 Å². The fourth-order valence-corrected chi connectivity index (χ4v) is 4.40. The molecule has 0 radical (unpaired) electrons. The largest absolute Gasteiger partial charge is 0.450 e. The number of likely N-dealkylation sites (tertiary alicyclic amines) is 1. The van der Waals surface area contributed by atoms with E-state index in [0.717, 1.165) is 11.1 Å². The van der Waals surface area contributed by atoms with Crippen LogP contribution in [-0.2, 0) is 11.2 Å². The van der Waals surface area contributed by atoms with Gasteiger partial charge >= 0.3 is 6.09 Å². The third kappa shape index (κ3) is 6.07. The van der Waals surface area contributed by atoms with Gasteiger partial charge in [0.2, 0.25) is 5.89 Å². The second kappa shape index (κ2) is 11.0. The first-order valence-corrected chi connectivity index (χ1v) is 13.2. The molecular weight excluding hydrogens is 514 g/mol. The summed E-state index contributed by atoms with van der Waals surface area (Å²) in [6.07, 6.45) is 4.36. The molecule has 0 atom stereocenters. The van der Waals surface area contributed by atoms with Crippen LogP contribution in [0.1, 0.15) is 60.6 Å². The molecule has 1 aliphatic rings. The van der Waals surface area contributed by atoms with Gasteiger partial charge in [-0.05, 0) is 81.1 Å². The van der Waals surface area contributed by atoms with Crippen molar-refractivity contribution in [1.82, 2.24) is 24.4 Å². The summed E-state index contributed by atoms with van der Waals surface area (Å²) >= 11 is 0. The zero-order valence-corrected chi connectivity index (χ0v) is 23.0.